The molecule has 1 aliphatic rings. The fraction of sp³-hybridized carbons (Fsp3) is 0.389. The Bertz CT molecular complexity index is 897. The zero-order chi connectivity index (χ0) is 17.9. The van der Waals surface area contributed by atoms with Crippen LogP contribution in [0.1, 0.15) is 27.9 Å². The smallest absolute Gasteiger partial charge is 0.255 e. The maximum Gasteiger partial charge on any atom is 0.255 e. The van der Waals surface area contributed by atoms with Gasteiger partial charge in [0, 0.05) is 32.0 Å². The van der Waals surface area contributed by atoms with Crippen molar-refractivity contribution in [1.82, 2.24) is 24.8 Å². The van der Waals surface area contributed by atoms with Crippen molar-refractivity contribution >= 4 is 11.4 Å². The third-order valence-corrected chi connectivity index (χ3v) is 4.60. The highest BCUT2D eigenvalue weighted by molar-refractivity contribution is 6.00. The first-order valence-corrected chi connectivity index (χ1v) is 8.66. The number of fused-ring (bicyclic) bond motifs is 1. The van der Waals surface area contributed by atoms with Gasteiger partial charge in [0.25, 0.3) is 5.91 Å². The van der Waals surface area contributed by atoms with Crippen LogP contribution in [0.25, 0.3) is 5.52 Å². The molecule has 1 atom stereocenters. The first-order chi connectivity index (χ1) is 12.7. The highest BCUT2D eigenvalue weighted by Crippen LogP contribution is 2.23. The molecule has 1 saturated heterocycles. The van der Waals surface area contributed by atoms with Gasteiger partial charge in [-0.05, 0) is 19.1 Å². The van der Waals surface area contributed by atoms with Crippen molar-refractivity contribution < 1.29 is 13.9 Å². The quantitative estimate of drug-likeness (QED) is 0.745. The summed E-state index contributed by atoms with van der Waals surface area (Å²) in [4.78, 5) is 19.0. The lowest BCUT2D eigenvalue weighted by Gasteiger charge is -2.33. The number of aryl methyl sites for hydroxylation is 1. The Kier molecular flexibility index (Phi) is 4.68. The molecule has 0 aromatic carbocycles. The summed E-state index contributed by atoms with van der Waals surface area (Å²) in [7, 11) is 0. The summed E-state index contributed by atoms with van der Waals surface area (Å²) in [6.07, 6.45) is 6.55. The van der Waals surface area contributed by atoms with Gasteiger partial charge in [-0.25, -0.2) is 4.52 Å². The fourth-order valence-corrected chi connectivity index (χ4v) is 3.23. The molecule has 26 heavy (non-hydrogen) atoms. The van der Waals surface area contributed by atoms with Crippen molar-refractivity contribution in [2.24, 2.45) is 0 Å². The van der Waals surface area contributed by atoms with Gasteiger partial charge in [-0.3, -0.25) is 14.7 Å². The van der Waals surface area contributed by atoms with Crippen molar-refractivity contribution in [3.8, 4) is 0 Å². The second kappa shape index (κ2) is 7.27. The number of carbonyl (C=O) groups is 1. The molecular weight excluding hydrogens is 334 g/mol. The van der Waals surface area contributed by atoms with Gasteiger partial charge >= 0.3 is 0 Å². The third-order valence-electron chi connectivity index (χ3n) is 4.60. The Morgan fingerprint density at radius 1 is 1.31 bits per heavy atom. The summed E-state index contributed by atoms with van der Waals surface area (Å²) in [5.74, 6) is 1.54. The van der Waals surface area contributed by atoms with E-state index >= 15 is 0 Å². The molecule has 0 spiro atoms. The molecule has 0 saturated carbocycles. The van der Waals surface area contributed by atoms with Crippen LogP contribution in [0.3, 0.4) is 0 Å². The van der Waals surface area contributed by atoms with Crippen LogP contribution in [0.4, 0.5) is 0 Å². The van der Waals surface area contributed by atoms with E-state index in [1.54, 1.807) is 29.3 Å². The number of morpholine rings is 1. The number of rotatable bonds is 5. The molecule has 3 aromatic rings. The van der Waals surface area contributed by atoms with Gasteiger partial charge in [0.15, 0.2) is 0 Å². The number of nitrogens with zero attached hydrogens (tertiary/aromatic N) is 4. The van der Waals surface area contributed by atoms with Crippen molar-refractivity contribution in [1.29, 1.82) is 0 Å². The van der Waals surface area contributed by atoms with E-state index in [1.165, 1.54) is 0 Å². The van der Waals surface area contributed by atoms with Crippen molar-refractivity contribution in [2.45, 2.75) is 13.0 Å². The van der Waals surface area contributed by atoms with E-state index in [9.17, 15) is 4.79 Å². The van der Waals surface area contributed by atoms with Gasteiger partial charge in [-0.1, -0.05) is 0 Å². The molecule has 1 N–H and O–H groups in total. The van der Waals surface area contributed by atoms with Crippen LogP contribution in [-0.2, 0) is 4.74 Å². The zero-order valence-corrected chi connectivity index (χ0v) is 14.6. The Hall–Kier alpha value is -2.71. The van der Waals surface area contributed by atoms with Crippen LogP contribution in [0.2, 0.25) is 0 Å². The Balaban J connectivity index is 1.51. The van der Waals surface area contributed by atoms with E-state index in [2.05, 4.69) is 20.3 Å². The summed E-state index contributed by atoms with van der Waals surface area (Å²) < 4.78 is 12.9. The number of carbonyl (C=O) groups excluding carboxylic acids is 1. The molecule has 8 nitrogen and oxygen atoms in total. The summed E-state index contributed by atoms with van der Waals surface area (Å²) in [6.45, 7) is 5.35. The zero-order valence-electron chi connectivity index (χ0n) is 14.6. The second-order valence-electron chi connectivity index (χ2n) is 6.29. The number of hydrogen-bond acceptors (Lipinski definition) is 6. The molecule has 3 aromatic heterocycles. The Morgan fingerprint density at radius 2 is 2.15 bits per heavy atom. The fourth-order valence-electron chi connectivity index (χ4n) is 3.23. The third kappa shape index (κ3) is 3.33. The number of aromatic nitrogens is 3. The molecule has 1 aliphatic heterocycles. The van der Waals surface area contributed by atoms with Gasteiger partial charge in [-0.2, -0.15) is 5.10 Å². The summed E-state index contributed by atoms with van der Waals surface area (Å²) >= 11 is 0. The Labute approximate surface area is 150 Å². The minimum Gasteiger partial charge on any atom is -0.465 e. The van der Waals surface area contributed by atoms with Gasteiger partial charge in [0.2, 0.25) is 0 Å². The molecule has 8 heteroatoms. The van der Waals surface area contributed by atoms with Crippen LogP contribution in [0.5, 0.6) is 0 Å². The van der Waals surface area contributed by atoms with Gasteiger partial charge in [0.05, 0.1) is 42.7 Å². The number of hydrogen-bond donors (Lipinski definition) is 1. The van der Waals surface area contributed by atoms with Gasteiger partial charge in [-0.15, -0.1) is 0 Å². The van der Waals surface area contributed by atoms with Crippen molar-refractivity contribution in [3.05, 3.63) is 54.0 Å². The van der Waals surface area contributed by atoms with Crippen LogP contribution in [0.15, 0.2) is 41.3 Å². The predicted octanol–water partition coefficient (Wildman–Crippen LogP) is 1.43. The maximum absolute atomic E-state index is 12.7. The highest BCUT2D eigenvalue weighted by atomic mass is 16.5. The van der Waals surface area contributed by atoms with E-state index in [1.807, 2.05) is 19.1 Å². The van der Waals surface area contributed by atoms with E-state index < -0.39 is 0 Å². The van der Waals surface area contributed by atoms with Crippen LogP contribution in [0, 0.1) is 6.92 Å². The summed E-state index contributed by atoms with van der Waals surface area (Å²) in [5.41, 5.74) is 1.19. The monoisotopic (exact) mass is 355 g/mol. The molecule has 0 bridgehead atoms. The molecule has 4 rings (SSSR count). The van der Waals surface area contributed by atoms with Crippen LogP contribution >= 0.6 is 0 Å². The predicted molar refractivity (Wildman–Crippen MR) is 93.9 cm³/mol. The molecule has 0 aliphatic carbocycles. The highest BCUT2D eigenvalue weighted by Gasteiger charge is 2.26. The molecule has 4 heterocycles. The van der Waals surface area contributed by atoms with Crippen LogP contribution in [-0.4, -0.2) is 58.3 Å². The average Bonchev–Trinajstić information content (AvgIpc) is 3.29. The van der Waals surface area contributed by atoms with Crippen molar-refractivity contribution in [3.63, 3.8) is 0 Å². The number of ether oxygens (including phenoxy) is 1. The number of nitrogens with one attached hydrogen (secondary N) is 1. The normalized spacial score (nSPS) is 16.7. The molecule has 136 valence electrons. The molecule has 1 amide bonds. The van der Waals surface area contributed by atoms with E-state index in [-0.39, 0.29) is 11.9 Å². The molecule has 0 unspecified atom stereocenters. The lowest BCUT2D eigenvalue weighted by Crippen LogP contribution is -2.43. The Morgan fingerprint density at radius 3 is 2.92 bits per heavy atom. The van der Waals surface area contributed by atoms with E-state index in [4.69, 9.17) is 9.15 Å². The first-order valence-electron chi connectivity index (χ1n) is 8.66. The summed E-state index contributed by atoms with van der Waals surface area (Å²) in [6, 6.07) is 3.89. The van der Waals surface area contributed by atoms with Gasteiger partial charge < -0.3 is 14.5 Å². The van der Waals surface area contributed by atoms with Gasteiger partial charge in [0.1, 0.15) is 11.5 Å². The second-order valence-corrected chi connectivity index (χ2v) is 6.29. The average molecular weight is 355 g/mol. The minimum atomic E-state index is -0.172. The van der Waals surface area contributed by atoms with Crippen molar-refractivity contribution in [2.75, 3.05) is 32.8 Å². The van der Waals surface area contributed by atoms with E-state index in [0.717, 1.165) is 24.6 Å². The molecule has 1 fully saturated rings. The largest absolute Gasteiger partial charge is 0.465 e. The topological polar surface area (TPSA) is 84.9 Å². The number of furan rings is 1. The lowest BCUT2D eigenvalue weighted by atomic mass is 10.1. The standard InChI is InChI=1S/C18H21N5O3/c1-13-2-3-17(26-13)16(22-6-8-25-9-7-22)12-20-18(24)14-10-21-23-5-4-19-11-15(14)23/h2-5,10-11,16H,6-9,12H2,1H3,(H,20,24)/t16-/m1/s1. The molecular formula is C18H21N5O3. The first kappa shape index (κ1) is 16.7. The molecule has 0 radical (unpaired) electrons. The summed E-state index contributed by atoms with van der Waals surface area (Å²) in [5, 5.41) is 7.21. The van der Waals surface area contributed by atoms with E-state index in [0.29, 0.717) is 30.8 Å². The number of amides is 1. The minimum absolute atomic E-state index is 0.0310. The lowest BCUT2D eigenvalue weighted by molar-refractivity contribution is 0.0117. The maximum atomic E-state index is 12.7. The SMILES string of the molecule is Cc1ccc([C@@H](CNC(=O)c2cnn3ccncc23)N2CCOCC2)o1. The van der Waals surface area contributed by atoms with Crippen LogP contribution < -0.4 is 5.32 Å².